The van der Waals surface area contributed by atoms with Crippen LogP contribution in [-0.2, 0) is 10.3 Å². The third-order valence-electron chi connectivity index (χ3n) is 5.69. The number of aliphatic carboxylic acids is 1. The molecule has 1 N–H and O–H groups in total. The molecule has 3 aliphatic rings. The maximum absolute atomic E-state index is 14.5. The first-order chi connectivity index (χ1) is 14.1. The predicted octanol–water partition coefficient (Wildman–Crippen LogP) is 5.69. The maximum atomic E-state index is 14.5. The van der Waals surface area contributed by atoms with Crippen molar-refractivity contribution in [2.24, 2.45) is 16.8 Å². The number of hydrogen-bond donors (Lipinski definition) is 1. The molecule has 2 aliphatic heterocycles. The number of carboxylic acid groups (broad SMARTS) is 1. The fraction of sp³-hybridized carbons (Fsp3) is 0.381. The number of allylic oxidation sites excluding steroid dienone is 4. The number of carboxylic acids is 1. The minimum absolute atomic E-state index is 0.0546. The van der Waals surface area contributed by atoms with E-state index in [0.717, 1.165) is 17.3 Å². The Morgan fingerprint density at radius 2 is 2.13 bits per heavy atom. The quantitative estimate of drug-likeness (QED) is 0.576. The van der Waals surface area contributed by atoms with E-state index in [-0.39, 0.29) is 27.8 Å². The molecule has 0 aromatic carbocycles. The van der Waals surface area contributed by atoms with Crippen LogP contribution in [0.25, 0.3) is 0 Å². The van der Waals surface area contributed by atoms with Crippen molar-refractivity contribution in [2.45, 2.75) is 38.8 Å². The van der Waals surface area contributed by atoms with E-state index < -0.39 is 17.3 Å². The third kappa shape index (κ3) is 3.37. The summed E-state index contributed by atoms with van der Waals surface area (Å²) in [6.45, 7) is 5.87. The van der Waals surface area contributed by atoms with Crippen molar-refractivity contribution in [1.29, 1.82) is 0 Å². The number of hydrogen-bond acceptors (Lipinski definition) is 5. The Labute approximate surface area is 188 Å². The van der Waals surface area contributed by atoms with Gasteiger partial charge in [-0.25, -0.2) is 19.2 Å². The molecule has 1 aromatic heterocycles. The summed E-state index contributed by atoms with van der Waals surface area (Å²) in [5.41, 5.74) is 0.744. The molecule has 0 saturated heterocycles. The second kappa shape index (κ2) is 7.70. The van der Waals surface area contributed by atoms with E-state index in [0.29, 0.717) is 22.4 Å². The van der Waals surface area contributed by atoms with Crippen LogP contribution in [0, 0.1) is 11.8 Å². The average Bonchev–Trinajstić information content (AvgIpc) is 3.17. The van der Waals surface area contributed by atoms with Gasteiger partial charge in [-0.05, 0) is 48.7 Å². The normalized spacial score (nSPS) is 28.5. The molecule has 0 saturated carbocycles. The lowest BCUT2D eigenvalue weighted by molar-refractivity contribution is -0.131. The molecule has 158 valence electrons. The standard InChI is InChI=1S/C21H20Cl2FN3O2S/c1-10(2)16-17(19(28)29)30-20-26-21(3,12-5-7-15(23)25-9-12)18(27(16)20)11-4-6-13(22)14(24)8-11/h5-11,18H,4H2,1-3H3,(H,28,29)/t11?,18-,21+/m1/s1. The Kier molecular flexibility index (Phi) is 5.49. The number of carbonyl (C=O) groups is 1. The van der Waals surface area contributed by atoms with Crippen molar-refractivity contribution in [2.75, 3.05) is 0 Å². The number of aromatic nitrogens is 1. The maximum Gasteiger partial charge on any atom is 0.344 e. The fourth-order valence-corrected chi connectivity index (χ4v) is 5.89. The molecule has 0 spiro atoms. The van der Waals surface area contributed by atoms with Gasteiger partial charge in [-0.15, -0.1) is 0 Å². The van der Waals surface area contributed by atoms with Gasteiger partial charge in [0.15, 0.2) is 5.17 Å². The van der Waals surface area contributed by atoms with Crippen LogP contribution in [0.1, 0.15) is 32.8 Å². The van der Waals surface area contributed by atoms with E-state index in [1.54, 1.807) is 18.3 Å². The molecule has 3 heterocycles. The van der Waals surface area contributed by atoms with Crippen LogP contribution in [0.4, 0.5) is 4.39 Å². The lowest BCUT2D eigenvalue weighted by atomic mass is 9.76. The molecule has 9 heteroatoms. The van der Waals surface area contributed by atoms with Gasteiger partial charge < -0.3 is 10.0 Å². The van der Waals surface area contributed by atoms with Crippen LogP contribution in [0.15, 0.2) is 56.9 Å². The van der Waals surface area contributed by atoms with Crippen LogP contribution >= 0.6 is 35.0 Å². The van der Waals surface area contributed by atoms with Crippen LogP contribution in [0.2, 0.25) is 5.15 Å². The van der Waals surface area contributed by atoms with Gasteiger partial charge in [-0.3, -0.25) is 0 Å². The number of pyridine rings is 1. The summed E-state index contributed by atoms with van der Waals surface area (Å²) in [6.07, 6.45) is 5.38. The minimum atomic E-state index is -0.984. The van der Waals surface area contributed by atoms with Crippen molar-refractivity contribution >= 4 is 46.1 Å². The number of rotatable bonds is 4. The van der Waals surface area contributed by atoms with Crippen LogP contribution < -0.4 is 0 Å². The van der Waals surface area contributed by atoms with Gasteiger partial charge in [0.25, 0.3) is 0 Å². The highest BCUT2D eigenvalue weighted by atomic mass is 35.5. The summed E-state index contributed by atoms with van der Waals surface area (Å²) in [5, 5.41) is 10.8. The van der Waals surface area contributed by atoms with Crippen molar-refractivity contribution in [3.8, 4) is 0 Å². The molecule has 0 radical (unpaired) electrons. The summed E-state index contributed by atoms with van der Waals surface area (Å²) < 4.78 is 14.5. The lowest BCUT2D eigenvalue weighted by Gasteiger charge is -2.40. The van der Waals surface area contributed by atoms with Crippen molar-refractivity contribution in [3.63, 3.8) is 0 Å². The number of halogens is 3. The summed E-state index contributed by atoms with van der Waals surface area (Å²) in [6, 6.07) is 3.22. The molecule has 1 aromatic rings. The first-order valence-electron chi connectivity index (χ1n) is 9.53. The Morgan fingerprint density at radius 1 is 1.40 bits per heavy atom. The Bertz CT molecular complexity index is 1040. The smallest absolute Gasteiger partial charge is 0.344 e. The minimum Gasteiger partial charge on any atom is -0.477 e. The van der Waals surface area contributed by atoms with Gasteiger partial charge >= 0.3 is 5.97 Å². The van der Waals surface area contributed by atoms with Gasteiger partial charge in [0, 0.05) is 17.8 Å². The van der Waals surface area contributed by atoms with Gasteiger partial charge in [0.1, 0.15) is 21.4 Å². The summed E-state index contributed by atoms with van der Waals surface area (Å²) in [4.78, 5) is 23.3. The molecular weight excluding hydrogens is 448 g/mol. The Hall–Kier alpha value is -1.83. The van der Waals surface area contributed by atoms with E-state index in [4.69, 9.17) is 28.2 Å². The SMILES string of the molecule is CC(C)C1=C(C(=O)O)SC2=N[C@@](C)(c3ccc(Cl)nc3)[C@@H](C3C=C(F)C(Cl)=CC3)N21. The second-order valence-corrected chi connectivity index (χ2v) is 9.74. The Morgan fingerprint density at radius 3 is 2.70 bits per heavy atom. The van der Waals surface area contributed by atoms with Crippen molar-refractivity contribution in [3.05, 3.63) is 62.7 Å². The Balaban J connectivity index is 1.87. The van der Waals surface area contributed by atoms with Crippen LogP contribution in [-0.4, -0.2) is 32.2 Å². The predicted molar refractivity (Wildman–Crippen MR) is 118 cm³/mol. The number of thioether (sulfide) groups is 1. The summed E-state index contributed by atoms with van der Waals surface area (Å²) in [7, 11) is 0. The molecule has 4 rings (SSSR count). The molecule has 30 heavy (non-hydrogen) atoms. The first kappa shape index (κ1) is 21.4. The zero-order chi connectivity index (χ0) is 21.8. The van der Waals surface area contributed by atoms with Crippen molar-refractivity contribution < 1.29 is 14.3 Å². The van der Waals surface area contributed by atoms with E-state index in [1.165, 1.54) is 6.08 Å². The van der Waals surface area contributed by atoms with E-state index in [1.807, 2.05) is 31.7 Å². The summed E-state index contributed by atoms with van der Waals surface area (Å²) >= 11 is 13.1. The van der Waals surface area contributed by atoms with E-state index >= 15 is 0 Å². The number of fused-ring (bicyclic) bond motifs is 1. The van der Waals surface area contributed by atoms with E-state index in [2.05, 4.69) is 4.98 Å². The zero-order valence-electron chi connectivity index (χ0n) is 16.6. The lowest BCUT2D eigenvalue weighted by Crippen LogP contribution is -2.47. The molecule has 0 fully saturated rings. The van der Waals surface area contributed by atoms with Gasteiger partial charge in [0.05, 0.1) is 11.1 Å². The van der Waals surface area contributed by atoms with Crippen LogP contribution in [0.5, 0.6) is 0 Å². The zero-order valence-corrected chi connectivity index (χ0v) is 18.9. The highest BCUT2D eigenvalue weighted by Gasteiger charge is 2.55. The largest absolute Gasteiger partial charge is 0.477 e. The molecule has 3 atom stereocenters. The average molecular weight is 468 g/mol. The second-order valence-electron chi connectivity index (χ2n) is 7.97. The topological polar surface area (TPSA) is 65.8 Å². The number of amidine groups is 1. The molecule has 1 aliphatic carbocycles. The molecule has 0 amide bonds. The summed E-state index contributed by atoms with van der Waals surface area (Å²) in [5.74, 6) is -1.78. The van der Waals surface area contributed by atoms with E-state index in [9.17, 15) is 14.3 Å². The first-order valence-corrected chi connectivity index (χ1v) is 11.1. The third-order valence-corrected chi connectivity index (χ3v) is 7.31. The fourth-order valence-electron chi connectivity index (χ4n) is 4.37. The molecule has 5 nitrogen and oxygen atoms in total. The monoisotopic (exact) mass is 467 g/mol. The van der Waals surface area contributed by atoms with Gasteiger partial charge in [-0.2, -0.15) is 0 Å². The molecule has 0 bridgehead atoms. The molecule has 1 unspecified atom stereocenters. The van der Waals surface area contributed by atoms with Crippen molar-refractivity contribution in [1.82, 2.24) is 9.88 Å². The number of nitrogens with zero attached hydrogens (tertiary/aromatic N) is 3. The van der Waals surface area contributed by atoms with Gasteiger partial charge in [-0.1, -0.05) is 49.2 Å². The number of aliphatic imine (C=N–C) groups is 1. The van der Waals surface area contributed by atoms with Crippen LogP contribution in [0.3, 0.4) is 0 Å². The highest BCUT2D eigenvalue weighted by molar-refractivity contribution is 8.18. The molecular formula is C21H20Cl2FN3O2S. The highest BCUT2D eigenvalue weighted by Crippen LogP contribution is 2.53. The van der Waals surface area contributed by atoms with Gasteiger partial charge in [0.2, 0.25) is 0 Å².